The summed E-state index contributed by atoms with van der Waals surface area (Å²) in [6, 6.07) is 19.1. The number of aryl methyl sites for hydroxylation is 1. The summed E-state index contributed by atoms with van der Waals surface area (Å²) in [4.78, 5) is 0. The summed E-state index contributed by atoms with van der Waals surface area (Å²) in [5.74, 6) is 0. The average molecular weight is 264 g/mol. The Hall–Kier alpha value is -2.06. The van der Waals surface area contributed by atoms with Crippen LogP contribution in [0.1, 0.15) is 24.9 Å². The van der Waals surface area contributed by atoms with Gasteiger partial charge in [-0.2, -0.15) is 0 Å². The Morgan fingerprint density at radius 3 is 2.35 bits per heavy atom. The number of benzene rings is 2. The van der Waals surface area contributed by atoms with Gasteiger partial charge in [0.05, 0.1) is 5.69 Å². The number of para-hydroxylation sites is 1. The van der Waals surface area contributed by atoms with E-state index in [1.54, 1.807) is 0 Å². The van der Waals surface area contributed by atoms with E-state index in [0.29, 0.717) is 0 Å². The number of nitrogens with zero attached hydrogens (tertiary/aromatic N) is 1. The van der Waals surface area contributed by atoms with Crippen LogP contribution in [0.4, 0.5) is 0 Å². The lowest BCUT2D eigenvalue weighted by atomic mass is 9.98. The Kier molecular flexibility index (Phi) is 3.33. The molecule has 2 nitrogen and oxygen atoms in total. The number of hydrogen-bond acceptors (Lipinski definition) is 1. The van der Waals surface area contributed by atoms with Gasteiger partial charge in [-0.05, 0) is 18.1 Å². The van der Waals surface area contributed by atoms with E-state index in [9.17, 15) is 0 Å². The van der Waals surface area contributed by atoms with Crippen molar-refractivity contribution in [2.24, 2.45) is 12.8 Å². The van der Waals surface area contributed by atoms with Crippen LogP contribution in [-0.2, 0) is 7.05 Å². The van der Waals surface area contributed by atoms with Crippen molar-refractivity contribution in [3.8, 4) is 11.3 Å². The van der Waals surface area contributed by atoms with Crippen LogP contribution in [0.3, 0.4) is 0 Å². The van der Waals surface area contributed by atoms with Gasteiger partial charge in [-0.15, -0.1) is 0 Å². The molecule has 0 saturated carbocycles. The third-order valence-electron chi connectivity index (χ3n) is 4.00. The molecule has 0 aliphatic carbocycles. The summed E-state index contributed by atoms with van der Waals surface area (Å²) in [6.07, 6.45) is 0.938. The van der Waals surface area contributed by atoms with Crippen molar-refractivity contribution in [2.45, 2.75) is 19.4 Å². The minimum atomic E-state index is 0.0660. The summed E-state index contributed by atoms with van der Waals surface area (Å²) < 4.78 is 2.26. The standard InChI is InChI=1S/C18H20N2/c1-3-15(19)17-14-11-7-8-12-16(14)20(2)18(17)13-9-5-4-6-10-13/h4-12,15H,3,19H2,1-2H3/t15-/m0/s1. The molecule has 0 aliphatic rings. The second-order valence-electron chi connectivity index (χ2n) is 5.22. The van der Waals surface area contributed by atoms with Crippen LogP contribution < -0.4 is 5.73 Å². The molecular weight excluding hydrogens is 244 g/mol. The summed E-state index contributed by atoms with van der Waals surface area (Å²) in [5.41, 5.74) is 11.4. The highest BCUT2D eigenvalue weighted by Gasteiger charge is 2.19. The van der Waals surface area contributed by atoms with Crippen LogP contribution in [0.2, 0.25) is 0 Å². The predicted octanol–water partition coefficient (Wildman–Crippen LogP) is 4.26. The molecule has 2 heteroatoms. The molecule has 1 atom stereocenters. The van der Waals surface area contributed by atoms with Crippen molar-refractivity contribution in [1.29, 1.82) is 0 Å². The van der Waals surface area contributed by atoms with Gasteiger partial charge in [0.15, 0.2) is 0 Å². The van der Waals surface area contributed by atoms with Gasteiger partial charge in [-0.25, -0.2) is 0 Å². The van der Waals surface area contributed by atoms with Crippen molar-refractivity contribution in [3.05, 3.63) is 60.2 Å². The zero-order valence-corrected chi connectivity index (χ0v) is 12.0. The van der Waals surface area contributed by atoms with E-state index >= 15 is 0 Å². The average Bonchev–Trinajstić information content (AvgIpc) is 2.81. The smallest absolute Gasteiger partial charge is 0.0537 e. The molecule has 3 aromatic rings. The molecule has 0 aliphatic heterocycles. The fourth-order valence-corrected chi connectivity index (χ4v) is 2.95. The van der Waals surface area contributed by atoms with Crippen molar-refractivity contribution >= 4 is 10.9 Å². The van der Waals surface area contributed by atoms with Crippen LogP contribution in [0.15, 0.2) is 54.6 Å². The Morgan fingerprint density at radius 2 is 1.65 bits per heavy atom. The van der Waals surface area contributed by atoms with E-state index in [1.807, 2.05) is 6.07 Å². The molecule has 2 aromatic carbocycles. The van der Waals surface area contributed by atoms with Crippen molar-refractivity contribution in [1.82, 2.24) is 4.57 Å². The summed E-state index contributed by atoms with van der Waals surface area (Å²) in [7, 11) is 2.12. The van der Waals surface area contributed by atoms with Crippen LogP contribution >= 0.6 is 0 Å². The number of rotatable bonds is 3. The number of hydrogen-bond donors (Lipinski definition) is 1. The monoisotopic (exact) mass is 264 g/mol. The Labute approximate surface area is 119 Å². The van der Waals surface area contributed by atoms with Gasteiger partial charge >= 0.3 is 0 Å². The summed E-state index contributed by atoms with van der Waals surface area (Å²) in [6.45, 7) is 2.14. The molecule has 0 radical (unpaired) electrons. The molecular formula is C18H20N2. The zero-order chi connectivity index (χ0) is 14.1. The predicted molar refractivity (Wildman–Crippen MR) is 85.6 cm³/mol. The number of aromatic nitrogens is 1. The van der Waals surface area contributed by atoms with Gasteiger partial charge in [0, 0.05) is 29.6 Å². The first-order chi connectivity index (χ1) is 9.74. The first-order valence-electron chi connectivity index (χ1n) is 7.12. The van der Waals surface area contributed by atoms with Gasteiger partial charge in [-0.1, -0.05) is 55.5 Å². The molecule has 0 bridgehead atoms. The maximum Gasteiger partial charge on any atom is 0.0537 e. The summed E-state index contributed by atoms with van der Waals surface area (Å²) in [5, 5.41) is 1.27. The molecule has 1 aromatic heterocycles. The molecule has 2 N–H and O–H groups in total. The molecule has 0 unspecified atom stereocenters. The van der Waals surface area contributed by atoms with E-state index in [1.165, 1.54) is 27.7 Å². The lowest BCUT2D eigenvalue weighted by Crippen LogP contribution is -2.10. The van der Waals surface area contributed by atoms with Crippen LogP contribution in [0.25, 0.3) is 22.2 Å². The van der Waals surface area contributed by atoms with Gasteiger partial charge in [0.2, 0.25) is 0 Å². The molecule has 20 heavy (non-hydrogen) atoms. The second kappa shape index (κ2) is 5.14. The van der Waals surface area contributed by atoms with Gasteiger partial charge in [-0.3, -0.25) is 0 Å². The SMILES string of the molecule is CC[C@H](N)c1c(-c2ccccc2)n(C)c2ccccc12. The van der Waals surface area contributed by atoms with E-state index in [2.05, 4.69) is 67.1 Å². The molecule has 102 valence electrons. The largest absolute Gasteiger partial charge is 0.343 e. The zero-order valence-electron chi connectivity index (χ0n) is 12.0. The van der Waals surface area contributed by atoms with Gasteiger partial charge in [0.1, 0.15) is 0 Å². The lowest BCUT2D eigenvalue weighted by Gasteiger charge is -2.13. The van der Waals surface area contributed by atoms with E-state index < -0.39 is 0 Å². The third kappa shape index (κ3) is 1.93. The van der Waals surface area contributed by atoms with Gasteiger partial charge in [0.25, 0.3) is 0 Å². The molecule has 0 spiro atoms. The topological polar surface area (TPSA) is 30.9 Å². The fourth-order valence-electron chi connectivity index (χ4n) is 2.95. The number of nitrogens with two attached hydrogens (primary N) is 1. The first-order valence-corrected chi connectivity index (χ1v) is 7.12. The van der Waals surface area contributed by atoms with E-state index in [-0.39, 0.29) is 6.04 Å². The summed E-state index contributed by atoms with van der Waals surface area (Å²) >= 11 is 0. The van der Waals surface area contributed by atoms with Crippen molar-refractivity contribution in [2.75, 3.05) is 0 Å². The van der Waals surface area contributed by atoms with Gasteiger partial charge < -0.3 is 10.3 Å². The fraction of sp³-hybridized carbons (Fsp3) is 0.222. The van der Waals surface area contributed by atoms with E-state index in [4.69, 9.17) is 5.73 Å². The highest BCUT2D eigenvalue weighted by Crippen LogP contribution is 2.36. The highest BCUT2D eigenvalue weighted by atomic mass is 15.0. The van der Waals surface area contributed by atoms with Crippen LogP contribution in [0.5, 0.6) is 0 Å². The normalized spacial score (nSPS) is 12.8. The third-order valence-corrected chi connectivity index (χ3v) is 4.00. The molecule has 1 heterocycles. The second-order valence-corrected chi connectivity index (χ2v) is 5.22. The molecule has 0 amide bonds. The van der Waals surface area contributed by atoms with Crippen LogP contribution in [0, 0.1) is 0 Å². The molecule has 0 saturated heterocycles. The molecule has 3 rings (SSSR count). The number of fused-ring (bicyclic) bond motifs is 1. The minimum Gasteiger partial charge on any atom is -0.343 e. The maximum absolute atomic E-state index is 6.40. The van der Waals surface area contributed by atoms with Crippen LogP contribution in [-0.4, -0.2) is 4.57 Å². The quantitative estimate of drug-likeness (QED) is 0.753. The molecule has 0 fully saturated rings. The highest BCUT2D eigenvalue weighted by molar-refractivity contribution is 5.92. The van der Waals surface area contributed by atoms with Crippen molar-refractivity contribution < 1.29 is 0 Å². The Bertz CT molecular complexity index is 726. The maximum atomic E-state index is 6.40. The minimum absolute atomic E-state index is 0.0660. The lowest BCUT2D eigenvalue weighted by molar-refractivity contribution is 0.703. The Morgan fingerprint density at radius 1 is 1.00 bits per heavy atom. The van der Waals surface area contributed by atoms with Crippen molar-refractivity contribution in [3.63, 3.8) is 0 Å². The first kappa shape index (κ1) is 12.9. The Balaban J connectivity index is 2.38. The van der Waals surface area contributed by atoms with E-state index in [0.717, 1.165) is 6.42 Å².